The van der Waals surface area contributed by atoms with Crippen LogP contribution in [-0.4, -0.2) is 23.4 Å². The molecule has 8 heteroatoms. The maximum absolute atomic E-state index is 13.2. The molecule has 30 heavy (non-hydrogen) atoms. The lowest BCUT2D eigenvalue weighted by Crippen LogP contribution is -2.32. The van der Waals surface area contributed by atoms with E-state index in [4.69, 9.17) is 0 Å². The molecule has 1 aliphatic rings. The van der Waals surface area contributed by atoms with Crippen molar-refractivity contribution in [2.75, 3.05) is 6.54 Å². The van der Waals surface area contributed by atoms with Crippen LogP contribution < -0.4 is 4.72 Å². The van der Waals surface area contributed by atoms with Gasteiger partial charge in [-0.05, 0) is 66.0 Å². The van der Waals surface area contributed by atoms with Crippen LogP contribution in [0.2, 0.25) is 0 Å². The van der Waals surface area contributed by atoms with Crippen LogP contribution in [0.4, 0.5) is 0 Å². The zero-order valence-electron chi connectivity index (χ0n) is 16.3. The Balaban J connectivity index is 1.62. The number of thiophene rings is 1. The average Bonchev–Trinajstić information content (AvgIpc) is 3.30. The van der Waals surface area contributed by atoms with Gasteiger partial charge in [0.15, 0.2) is 9.84 Å². The molecule has 0 unspecified atom stereocenters. The number of hydrogen-bond donors (Lipinski definition) is 1. The van der Waals surface area contributed by atoms with Crippen LogP contribution in [0.5, 0.6) is 0 Å². The van der Waals surface area contributed by atoms with Crippen molar-refractivity contribution < 1.29 is 16.8 Å². The van der Waals surface area contributed by atoms with Gasteiger partial charge in [-0.2, -0.15) is 0 Å². The van der Waals surface area contributed by atoms with Crippen molar-refractivity contribution in [3.8, 4) is 0 Å². The summed E-state index contributed by atoms with van der Waals surface area (Å²) < 4.78 is 55.1. The van der Waals surface area contributed by atoms with Crippen LogP contribution in [0.15, 0.2) is 75.1 Å². The zero-order valence-corrected chi connectivity index (χ0v) is 18.8. The van der Waals surface area contributed by atoms with Crippen molar-refractivity contribution in [2.24, 2.45) is 0 Å². The molecule has 1 aromatic heterocycles. The molecule has 0 amide bonds. The number of sulfone groups is 1. The van der Waals surface area contributed by atoms with Crippen LogP contribution in [0, 0.1) is 0 Å². The van der Waals surface area contributed by atoms with Crippen LogP contribution in [0.25, 0.3) is 0 Å². The minimum Gasteiger partial charge on any atom is -0.222 e. The monoisotopic (exact) mass is 461 g/mol. The van der Waals surface area contributed by atoms with Crippen molar-refractivity contribution in [3.63, 3.8) is 0 Å². The highest BCUT2D eigenvalue weighted by atomic mass is 32.2. The highest BCUT2D eigenvalue weighted by Gasteiger charge is 2.31. The molecule has 0 radical (unpaired) electrons. The molecule has 0 spiro atoms. The van der Waals surface area contributed by atoms with Gasteiger partial charge >= 0.3 is 0 Å². The number of nitrogens with one attached hydrogen (secondary N) is 1. The van der Waals surface area contributed by atoms with Crippen molar-refractivity contribution >= 4 is 31.2 Å². The van der Waals surface area contributed by atoms with E-state index < -0.39 is 25.1 Å². The van der Waals surface area contributed by atoms with Gasteiger partial charge < -0.3 is 0 Å². The third kappa shape index (κ3) is 4.37. The molecular weight excluding hydrogens is 438 g/mol. The van der Waals surface area contributed by atoms with Gasteiger partial charge in [0.05, 0.1) is 4.90 Å². The quantitative estimate of drug-likeness (QED) is 0.574. The Morgan fingerprint density at radius 1 is 0.867 bits per heavy atom. The maximum atomic E-state index is 13.2. The summed E-state index contributed by atoms with van der Waals surface area (Å²) in [6, 6.07) is 17.2. The van der Waals surface area contributed by atoms with Gasteiger partial charge in [0.1, 0.15) is 9.46 Å². The van der Waals surface area contributed by atoms with Crippen LogP contribution in [0.3, 0.4) is 0 Å². The summed E-state index contributed by atoms with van der Waals surface area (Å²) in [5, 5.41) is 0.691. The normalized spacial score (nSPS) is 15.5. The second-order valence-corrected chi connectivity index (χ2v) is 12.4. The van der Waals surface area contributed by atoms with Gasteiger partial charge in [-0.3, -0.25) is 0 Å². The first-order valence-electron chi connectivity index (χ1n) is 9.82. The number of hydrogen-bond acceptors (Lipinski definition) is 5. The topological polar surface area (TPSA) is 80.3 Å². The standard InChI is InChI=1S/C22H23NO4S3/c24-29(25,22-11-6-14-28-22)21(18-8-2-1-3-9-18)16-23-30(26,27)20-13-12-17-7-4-5-10-19(17)15-20/h1-3,6,8-9,11-15,21,23H,4-5,7,10,16H2/t21-/m1/s1. The molecule has 3 aromatic rings. The highest BCUT2D eigenvalue weighted by molar-refractivity contribution is 7.93. The third-order valence-electron chi connectivity index (χ3n) is 5.41. The van der Waals surface area contributed by atoms with E-state index in [2.05, 4.69) is 4.72 Å². The smallest absolute Gasteiger partial charge is 0.222 e. The Kier molecular flexibility index (Phi) is 6.11. The van der Waals surface area contributed by atoms with Crippen molar-refractivity contribution in [1.82, 2.24) is 4.72 Å². The van der Waals surface area contributed by atoms with E-state index >= 15 is 0 Å². The van der Waals surface area contributed by atoms with E-state index in [9.17, 15) is 16.8 Å². The molecule has 0 saturated carbocycles. The van der Waals surface area contributed by atoms with E-state index in [-0.39, 0.29) is 15.6 Å². The predicted molar refractivity (Wildman–Crippen MR) is 119 cm³/mol. The number of fused-ring (bicyclic) bond motifs is 1. The molecule has 1 N–H and O–H groups in total. The lowest BCUT2D eigenvalue weighted by atomic mass is 9.92. The molecule has 0 fully saturated rings. The van der Waals surface area contributed by atoms with Crippen molar-refractivity contribution in [1.29, 1.82) is 0 Å². The van der Waals surface area contributed by atoms with Gasteiger partial charge in [0.2, 0.25) is 10.0 Å². The van der Waals surface area contributed by atoms with Gasteiger partial charge in [0, 0.05) is 6.54 Å². The Morgan fingerprint density at radius 2 is 1.60 bits per heavy atom. The fraction of sp³-hybridized carbons (Fsp3) is 0.273. The minimum absolute atomic E-state index is 0.184. The first kappa shape index (κ1) is 21.2. The number of aryl methyl sites for hydroxylation is 2. The third-order valence-corrected chi connectivity index (χ3v) is 10.4. The summed E-state index contributed by atoms with van der Waals surface area (Å²) in [7, 11) is -7.58. The second-order valence-electron chi connectivity index (χ2n) is 7.37. The molecule has 1 heterocycles. The minimum atomic E-state index is -3.84. The lowest BCUT2D eigenvalue weighted by molar-refractivity contribution is 0.569. The van der Waals surface area contributed by atoms with Crippen LogP contribution in [0.1, 0.15) is 34.8 Å². The van der Waals surface area contributed by atoms with E-state index in [1.807, 2.05) is 6.07 Å². The summed E-state index contributed by atoms with van der Waals surface area (Å²) in [5.74, 6) is 0. The van der Waals surface area contributed by atoms with E-state index in [0.717, 1.165) is 42.6 Å². The van der Waals surface area contributed by atoms with E-state index in [0.29, 0.717) is 5.56 Å². The van der Waals surface area contributed by atoms with E-state index in [1.165, 1.54) is 5.56 Å². The Morgan fingerprint density at radius 3 is 2.30 bits per heavy atom. The molecule has 0 saturated heterocycles. The molecule has 5 nitrogen and oxygen atoms in total. The highest BCUT2D eigenvalue weighted by Crippen LogP contribution is 2.31. The first-order chi connectivity index (χ1) is 14.4. The lowest BCUT2D eigenvalue weighted by Gasteiger charge is -2.19. The summed E-state index contributed by atoms with van der Waals surface area (Å²) in [5.41, 5.74) is 2.82. The number of rotatable bonds is 7. The van der Waals surface area contributed by atoms with E-state index in [1.54, 1.807) is 60.0 Å². The summed E-state index contributed by atoms with van der Waals surface area (Å²) in [4.78, 5) is 0.184. The first-order valence-corrected chi connectivity index (χ1v) is 13.7. The number of sulfonamides is 1. The molecule has 1 atom stereocenters. The molecule has 158 valence electrons. The van der Waals surface area contributed by atoms with Crippen LogP contribution >= 0.6 is 11.3 Å². The van der Waals surface area contributed by atoms with Crippen molar-refractivity contribution in [3.05, 3.63) is 82.7 Å². The Bertz CT molecular complexity index is 1220. The van der Waals surface area contributed by atoms with Gasteiger partial charge in [-0.1, -0.05) is 42.5 Å². The molecule has 2 aromatic carbocycles. The van der Waals surface area contributed by atoms with Crippen molar-refractivity contribution in [2.45, 2.75) is 40.0 Å². The maximum Gasteiger partial charge on any atom is 0.240 e. The summed E-state index contributed by atoms with van der Waals surface area (Å²) >= 11 is 1.13. The molecule has 1 aliphatic carbocycles. The number of benzene rings is 2. The fourth-order valence-electron chi connectivity index (χ4n) is 3.79. The molecule has 0 bridgehead atoms. The Labute approximate surface area is 181 Å². The fourth-order valence-corrected chi connectivity index (χ4v) is 7.86. The largest absolute Gasteiger partial charge is 0.240 e. The molecule has 4 rings (SSSR count). The zero-order chi connectivity index (χ0) is 21.2. The molecular formula is C22H23NO4S3. The van der Waals surface area contributed by atoms with Crippen LogP contribution in [-0.2, 0) is 32.7 Å². The Hall–Kier alpha value is -2.00. The predicted octanol–water partition coefficient (Wildman–Crippen LogP) is 4.12. The van der Waals surface area contributed by atoms with Gasteiger partial charge in [0.25, 0.3) is 0 Å². The summed E-state index contributed by atoms with van der Waals surface area (Å²) in [6.07, 6.45) is 4.02. The molecule has 0 aliphatic heterocycles. The SMILES string of the molecule is O=S(=O)(NC[C@H](c1ccccc1)S(=O)(=O)c1cccs1)c1ccc2c(c1)CCCC2. The second kappa shape index (κ2) is 8.63. The van der Waals surface area contributed by atoms with Gasteiger partial charge in [-0.15, -0.1) is 11.3 Å². The van der Waals surface area contributed by atoms with Gasteiger partial charge in [-0.25, -0.2) is 21.6 Å². The average molecular weight is 462 g/mol. The summed E-state index contributed by atoms with van der Waals surface area (Å²) in [6.45, 7) is -0.232.